The second kappa shape index (κ2) is 7.62. The van der Waals surface area contributed by atoms with Crippen LogP contribution in [0.2, 0.25) is 0 Å². The maximum absolute atomic E-state index is 13.8. The van der Waals surface area contributed by atoms with Gasteiger partial charge in [0, 0.05) is 16.5 Å². The van der Waals surface area contributed by atoms with Crippen molar-refractivity contribution in [2.24, 2.45) is 0 Å². The SMILES string of the molecule is COc1ccc2nc3c(c(-c4ccccc4)c2c1)C(=O)N(C(C)(C)C(=O)NC(C)(C)C)C3. The Morgan fingerprint density at radius 3 is 2.34 bits per heavy atom. The maximum Gasteiger partial charge on any atom is 0.257 e. The number of carbonyl (C=O) groups is 2. The van der Waals surface area contributed by atoms with Gasteiger partial charge in [-0.05, 0) is 58.4 Å². The summed E-state index contributed by atoms with van der Waals surface area (Å²) < 4.78 is 5.44. The number of pyridine rings is 1. The predicted molar refractivity (Wildman–Crippen MR) is 126 cm³/mol. The predicted octanol–water partition coefficient (Wildman–Crippen LogP) is 4.56. The highest BCUT2D eigenvalue weighted by Gasteiger charge is 2.45. The number of methoxy groups -OCH3 is 1. The van der Waals surface area contributed by atoms with Crippen molar-refractivity contribution in [1.29, 1.82) is 0 Å². The fourth-order valence-electron chi connectivity index (χ4n) is 4.09. The van der Waals surface area contributed by atoms with E-state index in [1.807, 2.05) is 69.3 Å². The molecule has 0 unspecified atom stereocenters. The molecule has 1 aliphatic rings. The molecule has 32 heavy (non-hydrogen) atoms. The lowest BCUT2D eigenvalue weighted by atomic mass is 9.94. The highest BCUT2D eigenvalue weighted by molar-refractivity contribution is 6.12. The second-order valence-corrected chi connectivity index (χ2v) is 9.71. The van der Waals surface area contributed by atoms with Crippen LogP contribution >= 0.6 is 0 Å². The normalized spacial score (nSPS) is 13.9. The molecule has 1 aliphatic heterocycles. The van der Waals surface area contributed by atoms with Gasteiger partial charge in [-0.2, -0.15) is 0 Å². The lowest BCUT2D eigenvalue weighted by molar-refractivity contribution is -0.132. The highest BCUT2D eigenvalue weighted by Crippen LogP contribution is 2.40. The van der Waals surface area contributed by atoms with Gasteiger partial charge < -0.3 is 15.0 Å². The number of nitrogens with one attached hydrogen (secondary N) is 1. The third kappa shape index (κ3) is 3.70. The number of benzene rings is 2. The van der Waals surface area contributed by atoms with Crippen molar-refractivity contribution in [3.05, 3.63) is 59.8 Å². The molecule has 0 radical (unpaired) electrons. The quantitative estimate of drug-likeness (QED) is 0.657. The van der Waals surface area contributed by atoms with Gasteiger partial charge in [-0.3, -0.25) is 14.6 Å². The molecule has 2 aromatic carbocycles. The topological polar surface area (TPSA) is 71.5 Å². The van der Waals surface area contributed by atoms with E-state index < -0.39 is 11.1 Å². The molecular weight excluding hydrogens is 402 g/mol. The van der Waals surface area contributed by atoms with Crippen LogP contribution in [-0.2, 0) is 11.3 Å². The molecule has 1 N–H and O–H groups in total. The van der Waals surface area contributed by atoms with Gasteiger partial charge in [0.15, 0.2) is 0 Å². The summed E-state index contributed by atoms with van der Waals surface area (Å²) >= 11 is 0. The minimum atomic E-state index is -1.04. The molecule has 6 heteroatoms. The zero-order chi connectivity index (χ0) is 23.3. The first-order valence-electron chi connectivity index (χ1n) is 10.7. The molecular formula is C26H29N3O3. The largest absolute Gasteiger partial charge is 0.497 e. The van der Waals surface area contributed by atoms with Crippen molar-refractivity contribution < 1.29 is 14.3 Å². The Morgan fingerprint density at radius 2 is 1.72 bits per heavy atom. The Morgan fingerprint density at radius 1 is 1.03 bits per heavy atom. The van der Waals surface area contributed by atoms with Crippen LogP contribution in [0.4, 0.5) is 0 Å². The smallest absolute Gasteiger partial charge is 0.257 e. The number of fused-ring (bicyclic) bond motifs is 2. The molecule has 0 aliphatic carbocycles. The summed E-state index contributed by atoms with van der Waals surface area (Å²) in [7, 11) is 1.62. The van der Waals surface area contributed by atoms with Crippen LogP contribution in [0.5, 0.6) is 5.75 Å². The molecule has 4 rings (SSSR count). The summed E-state index contributed by atoms with van der Waals surface area (Å²) in [5.74, 6) is 0.312. The minimum Gasteiger partial charge on any atom is -0.497 e. The van der Waals surface area contributed by atoms with E-state index in [0.29, 0.717) is 17.0 Å². The second-order valence-electron chi connectivity index (χ2n) is 9.71. The molecule has 0 saturated carbocycles. The van der Waals surface area contributed by atoms with E-state index in [1.165, 1.54) is 0 Å². The molecule has 1 aromatic heterocycles. The van der Waals surface area contributed by atoms with Gasteiger partial charge in [0.2, 0.25) is 5.91 Å². The van der Waals surface area contributed by atoms with Crippen LogP contribution in [0.3, 0.4) is 0 Å². The number of nitrogens with zero attached hydrogens (tertiary/aromatic N) is 2. The van der Waals surface area contributed by atoms with E-state index in [1.54, 1.807) is 25.9 Å². The summed E-state index contributed by atoms with van der Waals surface area (Å²) in [6.07, 6.45) is 0. The summed E-state index contributed by atoms with van der Waals surface area (Å²) in [5, 5.41) is 3.86. The third-order valence-corrected chi connectivity index (χ3v) is 5.82. The van der Waals surface area contributed by atoms with E-state index in [0.717, 1.165) is 22.0 Å². The third-order valence-electron chi connectivity index (χ3n) is 5.82. The Labute approximate surface area is 188 Å². The van der Waals surface area contributed by atoms with Crippen molar-refractivity contribution in [2.45, 2.75) is 52.2 Å². The van der Waals surface area contributed by atoms with Crippen LogP contribution in [0.15, 0.2) is 48.5 Å². The van der Waals surface area contributed by atoms with Crippen molar-refractivity contribution in [1.82, 2.24) is 15.2 Å². The number of hydrogen-bond acceptors (Lipinski definition) is 4. The van der Waals surface area contributed by atoms with Gasteiger partial charge in [-0.15, -0.1) is 0 Å². The molecule has 3 aromatic rings. The summed E-state index contributed by atoms with van der Waals surface area (Å²) in [4.78, 5) is 33.3. The standard InChI is InChI=1S/C26H29N3O3/c1-25(2,3)28-24(31)26(4,5)29-15-20-22(23(29)30)21(16-10-8-7-9-11-16)18-14-17(32-6)12-13-19(18)27-20/h7-14H,15H2,1-6H3,(H,28,31). The molecule has 0 spiro atoms. The van der Waals surface area contributed by atoms with Crippen molar-refractivity contribution in [2.75, 3.05) is 7.11 Å². The first kappa shape index (κ1) is 21.8. The van der Waals surface area contributed by atoms with Crippen LogP contribution in [0.25, 0.3) is 22.0 Å². The van der Waals surface area contributed by atoms with E-state index in [2.05, 4.69) is 5.32 Å². The van der Waals surface area contributed by atoms with Gasteiger partial charge in [-0.25, -0.2) is 0 Å². The highest BCUT2D eigenvalue weighted by atomic mass is 16.5. The van der Waals surface area contributed by atoms with E-state index in [9.17, 15) is 9.59 Å². The van der Waals surface area contributed by atoms with Gasteiger partial charge in [0.05, 0.1) is 30.4 Å². The lowest BCUT2D eigenvalue weighted by Crippen LogP contribution is -2.58. The molecule has 0 bridgehead atoms. The number of amides is 2. The Hall–Kier alpha value is -3.41. The monoisotopic (exact) mass is 431 g/mol. The average Bonchev–Trinajstić information content (AvgIpc) is 3.07. The fraction of sp³-hybridized carbons (Fsp3) is 0.346. The number of rotatable bonds is 4. The first-order chi connectivity index (χ1) is 15.0. The van der Waals surface area contributed by atoms with Crippen LogP contribution < -0.4 is 10.1 Å². The Balaban J connectivity index is 1.89. The molecule has 6 nitrogen and oxygen atoms in total. The first-order valence-corrected chi connectivity index (χ1v) is 10.7. The van der Waals surface area contributed by atoms with Crippen LogP contribution in [-0.4, -0.2) is 39.9 Å². The van der Waals surface area contributed by atoms with Crippen LogP contribution in [0, 0.1) is 0 Å². The molecule has 0 saturated heterocycles. The maximum atomic E-state index is 13.8. The summed E-state index contributed by atoms with van der Waals surface area (Å²) in [5.41, 5.74) is 2.33. The summed E-state index contributed by atoms with van der Waals surface area (Å²) in [6.45, 7) is 9.62. The van der Waals surface area contributed by atoms with Crippen molar-refractivity contribution >= 4 is 22.7 Å². The molecule has 2 heterocycles. The average molecular weight is 432 g/mol. The number of aromatic nitrogens is 1. The fourth-order valence-corrected chi connectivity index (χ4v) is 4.09. The van der Waals surface area contributed by atoms with Crippen molar-refractivity contribution in [3.63, 3.8) is 0 Å². The Bertz CT molecular complexity index is 1210. The number of ether oxygens (including phenoxy) is 1. The summed E-state index contributed by atoms with van der Waals surface area (Å²) in [6, 6.07) is 15.5. The zero-order valence-corrected chi connectivity index (χ0v) is 19.4. The van der Waals surface area contributed by atoms with E-state index >= 15 is 0 Å². The zero-order valence-electron chi connectivity index (χ0n) is 19.4. The molecule has 166 valence electrons. The minimum absolute atomic E-state index is 0.190. The molecule has 2 amide bonds. The van der Waals surface area contributed by atoms with Gasteiger partial charge in [0.25, 0.3) is 5.91 Å². The van der Waals surface area contributed by atoms with Gasteiger partial charge in [0.1, 0.15) is 11.3 Å². The number of carbonyl (C=O) groups excluding carboxylic acids is 2. The van der Waals surface area contributed by atoms with Crippen molar-refractivity contribution in [3.8, 4) is 16.9 Å². The molecule has 0 atom stereocenters. The lowest BCUT2D eigenvalue weighted by Gasteiger charge is -2.36. The number of hydrogen-bond donors (Lipinski definition) is 1. The van der Waals surface area contributed by atoms with E-state index in [-0.39, 0.29) is 18.4 Å². The van der Waals surface area contributed by atoms with E-state index in [4.69, 9.17) is 9.72 Å². The van der Waals surface area contributed by atoms with Gasteiger partial charge in [-0.1, -0.05) is 30.3 Å². The van der Waals surface area contributed by atoms with Gasteiger partial charge >= 0.3 is 0 Å². The van der Waals surface area contributed by atoms with Crippen LogP contribution in [0.1, 0.15) is 50.7 Å². The Kier molecular flexibility index (Phi) is 5.19. The molecule has 0 fully saturated rings.